The first-order valence-electron chi connectivity index (χ1n) is 19.0. The number of nitrogens with zero attached hydrogens (tertiary/aromatic N) is 2. The van der Waals surface area contributed by atoms with Crippen LogP contribution in [-0.2, 0) is 9.47 Å². The van der Waals surface area contributed by atoms with Gasteiger partial charge in [-0.2, -0.15) is 0 Å². The predicted octanol–water partition coefficient (Wildman–Crippen LogP) is 9.35. The van der Waals surface area contributed by atoms with Gasteiger partial charge in [0, 0.05) is 34.1 Å². The first kappa shape index (κ1) is 32.2. The van der Waals surface area contributed by atoms with Crippen molar-refractivity contribution in [1.82, 2.24) is 0 Å². The Balaban J connectivity index is 1.12. The minimum atomic E-state index is -0.171. The minimum Gasteiger partial charge on any atom is -0.462 e. The van der Waals surface area contributed by atoms with Crippen molar-refractivity contribution in [2.24, 2.45) is 0 Å². The topological polar surface area (TPSA) is 50.0 Å². The lowest BCUT2D eigenvalue weighted by molar-refractivity contribution is 0.178. The van der Waals surface area contributed by atoms with E-state index in [1.807, 2.05) is 38.1 Å². The SMILES string of the molecule is CC1OC1Oc1ccc(-c2ccc3c(c2)B2c4ccccc4N(c4ccccc4)c4cc(-c5ccc(OC6OC6C)cc5)cc(c42)N3c2ccccc2)cc1. The Morgan fingerprint density at radius 1 is 0.436 bits per heavy atom. The summed E-state index contributed by atoms with van der Waals surface area (Å²) in [5.74, 6) is 1.62. The molecule has 0 N–H and O–H groups in total. The van der Waals surface area contributed by atoms with Gasteiger partial charge in [0.2, 0.25) is 12.6 Å². The summed E-state index contributed by atoms with van der Waals surface area (Å²) in [6.45, 7) is 4.05. The van der Waals surface area contributed by atoms with Crippen molar-refractivity contribution in [3.05, 3.63) is 164 Å². The van der Waals surface area contributed by atoms with Crippen LogP contribution in [0.15, 0.2) is 164 Å². The summed E-state index contributed by atoms with van der Waals surface area (Å²) < 4.78 is 23.0. The summed E-state index contributed by atoms with van der Waals surface area (Å²) in [6, 6.07) is 58.9. The maximum Gasteiger partial charge on any atom is 0.252 e. The highest BCUT2D eigenvalue weighted by molar-refractivity contribution is 7.00. The van der Waals surface area contributed by atoms with Crippen molar-refractivity contribution in [3.8, 4) is 33.8 Å². The van der Waals surface area contributed by atoms with Gasteiger partial charge in [0.25, 0.3) is 6.71 Å². The van der Waals surface area contributed by atoms with Gasteiger partial charge < -0.3 is 28.7 Å². The molecule has 55 heavy (non-hydrogen) atoms. The molecule has 2 saturated heterocycles. The van der Waals surface area contributed by atoms with Crippen LogP contribution in [0.25, 0.3) is 22.3 Å². The standard InChI is InChI=1S/C48H37BN2O4/c1-30-47(52-30)54-38-22-17-32(18-23-38)34-21-26-43-41(27-34)49-40-15-9-10-16-42(40)50(36-11-5-3-6-12-36)44-28-35(33-19-24-39(25-20-33)55-48-31(2)53-48)29-45(46(44)49)51(43)37-13-7-4-8-14-37/h3-31,47-48H,1-2H3. The Morgan fingerprint density at radius 3 is 1.42 bits per heavy atom. The highest BCUT2D eigenvalue weighted by Crippen LogP contribution is 2.46. The van der Waals surface area contributed by atoms with Gasteiger partial charge in [0.1, 0.15) is 23.7 Å². The van der Waals surface area contributed by atoms with E-state index in [2.05, 4.69) is 149 Å². The molecule has 0 saturated carbocycles. The van der Waals surface area contributed by atoms with E-state index in [0.717, 1.165) is 56.5 Å². The minimum absolute atomic E-state index is 0.00228. The molecule has 4 atom stereocenters. The molecule has 7 aromatic rings. The molecule has 266 valence electrons. The molecule has 6 nitrogen and oxygen atoms in total. The zero-order valence-corrected chi connectivity index (χ0v) is 30.5. The van der Waals surface area contributed by atoms with Crippen molar-refractivity contribution in [2.75, 3.05) is 9.80 Å². The molecule has 0 aliphatic carbocycles. The van der Waals surface area contributed by atoms with Gasteiger partial charge in [-0.3, -0.25) is 0 Å². The molecule has 4 aliphatic rings. The molecule has 4 aliphatic heterocycles. The summed E-state index contributed by atoms with van der Waals surface area (Å²) in [7, 11) is 0. The lowest BCUT2D eigenvalue weighted by atomic mass is 9.33. The predicted molar refractivity (Wildman–Crippen MR) is 221 cm³/mol. The van der Waals surface area contributed by atoms with Crippen molar-refractivity contribution in [2.45, 2.75) is 38.6 Å². The van der Waals surface area contributed by atoms with Gasteiger partial charge in [0.15, 0.2) is 0 Å². The van der Waals surface area contributed by atoms with E-state index in [1.54, 1.807) is 0 Å². The Bertz CT molecular complexity index is 2550. The maximum atomic E-state index is 6.03. The van der Waals surface area contributed by atoms with Gasteiger partial charge in [-0.15, -0.1) is 0 Å². The van der Waals surface area contributed by atoms with Crippen molar-refractivity contribution >= 4 is 57.2 Å². The van der Waals surface area contributed by atoms with Crippen LogP contribution in [0.1, 0.15) is 13.8 Å². The number of anilines is 6. The molecule has 0 bridgehead atoms. The third-order valence-electron chi connectivity index (χ3n) is 11.2. The number of hydrogen-bond donors (Lipinski definition) is 0. The smallest absolute Gasteiger partial charge is 0.252 e. The number of rotatable bonds is 8. The molecular weight excluding hydrogens is 679 g/mol. The zero-order chi connectivity index (χ0) is 36.6. The highest BCUT2D eigenvalue weighted by atomic mass is 16.8. The second kappa shape index (κ2) is 12.7. The number of para-hydroxylation sites is 3. The molecule has 2 fully saturated rings. The summed E-state index contributed by atoms with van der Waals surface area (Å²) in [6.07, 6.45) is -0.0625. The second-order valence-corrected chi connectivity index (χ2v) is 14.7. The summed E-state index contributed by atoms with van der Waals surface area (Å²) in [4.78, 5) is 4.89. The van der Waals surface area contributed by atoms with E-state index in [4.69, 9.17) is 18.9 Å². The van der Waals surface area contributed by atoms with E-state index >= 15 is 0 Å². The number of benzene rings is 7. The fourth-order valence-corrected chi connectivity index (χ4v) is 8.31. The van der Waals surface area contributed by atoms with Crippen LogP contribution >= 0.6 is 0 Å². The molecule has 11 rings (SSSR count). The zero-order valence-electron chi connectivity index (χ0n) is 30.5. The van der Waals surface area contributed by atoms with Crippen LogP contribution < -0.4 is 35.7 Å². The molecule has 0 spiro atoms. The van der Waals surface area contributed by atoms with Crippen molar-refractivity contribution < 1.29 is 18.9 Å². The Labute approximate surface area is 321 Å². The maximum absolute atomic E-state index is 6.03. The molecule has 7 heteroatoms. The van der Waals surface area contributed by atoms with Crippen LogP contribution in [-0.4, -0.2) is 31.5 Å². The normalized spacial score (nSPS) is 19.9. The lowest BCUT2D eigenvalue weighted by Crippen LogP contribution is -2.61. The highest BCUT2D eigenvalue weighted by Gasteiger charge is 2.44. The average Bonchev–Trinajstić information content (AvgIpc) is 4.14. The van der Waals surface area contributed by atoms with E-state index in [-0.39, 0.29) is 31.5 Å². The molecule has 0 radical (unpaired) electrons. The van der Waals surface area contributed by atoms with Gasteiger partial charge in [0.05, 0.1) is 0 Å². The van der Waals surface area contributed by atoms with Crippen molar-refractivity contribution in [1.29, 1.82) is 0 Å². The number of epoxide rings is 2. The van der Waals surface area contributed by atoms with E-state index in [9.17, 15) is 0 Å². The van der Waals surface area contributed by atoms with E-state index < -0.39 is 0 Å². The number of hydrogen-bond acceptors (Lipinski definition) is 6. The van der Waals surface area contributed by atoms with Gasteiger partial charge in [-0.05, 0) is 125 Å². The van der Waals surface area contributed by atoms with Crippen molar-refractivity contribution in [3.63, 3.8) is 0 Å². The molecular formula is C48H37BN2O4. The Kier molecular flexibility index (Phi) is 7.41. The summed E-state index contributed by atoms with van der Waals surface area (Å²) in [5.41, 5.74) is 15.3. The molecule has 7 aromatic carbocycles. The van der Waals surface area contributed by atoms with E-state index in [0.29, 0.717) is 0 Å². The first-order valence-corrected chi connectivity index (χ1v) is 19.0. The molecule has 4 unspecified atom stereocenters. The monoisotopic (exact) mass is 716 g/mol. The Hall–Kier alpha value is -6.28. The third kappa shape index (κ3) is 5.58. The average molecular weight is 717 g/mol. The van der Waals surface area contributed by atoms with Crippen LogP contribution in [0.4, 0.5) is 34.1 Å². The molecule has 4 heterocycles. The lowest BCUT2D eigenvalue weighted by Gasteiger charge is -2.44. The number of fused-ring (bicyclic) bond motifs is 4. The largest absolute Gasteiger partial charge is 0.462 e. The quantitative estimate of drug-likeness (QED) is 0.115. The van der Waals surface area contributed by atoms with E-state index in [1.165, 1.54) is 27.8 Å². The number of ether oxygens (including phenoxy) is 4. The molecule has 0 aromatic heterocycles. The van der Waals surface area contributed by atoms with Crippen LogP contribution in [0, 0.1) is 0 Å². The van der Waals surface area contributed by atoms with Crippen LogP contribution in [0.3, 0.4) is 0 Å². The fourth-order valence-electron chi connectivity index (χ4n) is 8.31. The van der Waals surface area contributed by atoms with Crippen LogP contribution in [0.5, 0.6) is 11.5 Å². The Morgan fingerprint density at radius 2 is 0.891 bits per heavy atom. The summed E-state index contributed by atoms with van der Waals surface area (Å²) >= 11 is 0. The second-order valence-electron chi connectivity index (χ2n) is 14.7. The first-order chi connectivity index (χ1) is 27.1. The van der Waals surface area contributed by atoms with Gasteiger partial charge >= 0.3 is 0 Å². The summed E-state index contributed by atoms with van der Waals surface area (Å²) in [5, 5.41) is 0. The fraction of sp³-hybridized carbons (Fsp3) is 0.125. The van der Waals surface area contributed by atoms with Gasteiger partial charge in [-0.25, -0.2) is 0 Å². The molecule has 0 amide bonds. The van der Waals surface area contributed by atoms with Gasteiger partial charge in [-0.1, -0.05) is 91.0 Å². The van der Waals surface area contributed by atoms with Crippen LogP contribution in [0.2, 0.25) is 0 Å². The third-order valence-corrected chi connectivity index (χ3v) is 11.2.